The van der Waals surface area contributed by atoms with Gasteiger partial charge in [-0.25, -0.2) is 0 Å². The fourth-order valence-electron chi connectivity index (χ4n) is 3.98. The van der Waals surface area contributed by atoms with E-state index in [1.54, 1.807) is 6.07 Å². The number of fused-ring (bicyclic) bond motifs is 1. The Morgan fingerprint density at radius 2 is 2.06 bits per heavy atom. The van der Waals surface area contributed by atoms with Crippen LogP contribution in [0, 0.1) is 13.8 Å². The molecule has 1 aromatic carbocycles. The van der Waals surface area contributed by atoms with E-state index in [1.165, 1.54) is 11.8 Å². The minimum Gasteiger partial charge on any atom is -0.454 e. The first-order valence-corrected chi connectivity index (χ1v) is 11.2. The van der Waals surface area contributed by atoms with Crippen molar-refractivity contribution in [1.29, 1.82) is 0 Å². The largest absolute Gasteiger partial charge is 0.454 e. The average Bonchev–Trinajstić information content (AvgIpc) is 3.56. The van der Waals surface area contributed by atoms with E-state index in [0.717, 1.165) is 48.5 Å². The Morgan fingerprint density at radius 1 is 1.19 bits per heavy atom. The van der Waals surface area contributed by atoms with Gasteiger partial charge >= 0.3 is 0 Å². The molecule has 9 heteroatoms. The molecule has 0 saturated carbocycles. The number of hydrogen-bond acceptors (Lipinski definition) is 8. The maximum atomic E-state index is 12.9. The molecule has 162 valence electrons. The summed E-state index contributed by atoms with van der Waals surface area (Å²) in [5.74, 6) is 1.99. The fourth-order valence-corrected chi connectivity index (χ4v) is 4.62. The lowest BCUT2D eigenvalue weighted by Gasteiger charge is -2.14. The molecule has 0 amide bonds. The van der Waals surface area contributed by atoms with Crippen molar-refractivity contribution in [2.75, 3.05) is 19.2 Å². The molecule has 0 spiro atoms. The summed E-state index contributed by atoms with van der Waals surface area (Å²) in [6.45, 7) is 5.84. The maximum absolute atomic E-state index is 12.9. The van der Waals surface area contributed by atoms with E-state index in [9.17, 15) is 4.79 Å². The molecule has 8 nitrogen and oxygen atoms in total. The van der Waals surface area contributed by atoms with Crippen LogP contribution in [0.4, 0.5) is 0 Å². The molecule has 1 saturated heterocycles. The number of ether oxygens (including phenoxy) is 3. The number of carbonyl (C=O) groups excluding carboxylic acids is 1. The summed E-state index contributed by atoms with van der Waals surface area (Å²) in [6.07, 6.45) is 2.40. The summed E-state index contributed by atoms with van der Waals surface area (Å²) in [6, 6.07) is 7.41. The van der Waals surface area contributed by atoms with Crippen molar-refractivity contribution in [3.8, 4) is 23.0 Å². The third kappa shape index (κ3) is 4.07. The van der Waals surface area contributed by atoms with E-state index < -0.39 is 0 Å². The van der Waals surface area contributed by atoms with Crippen molar-refractivity contribution < 1.29 is 23.4 Å². The zero-order valence-electron chi connectivity index (χ0n) is 17.4. The van der Waals surface area contributed by atoms with Gasteiger partial charge in [-0.1, -0.05) is 11.8 Å². The van der Waals surface area contributed by atoms with Gasteiger partial charge in [0, 0.05) is 35.7 Å². The van der Waals surface area contributed by atoms with E-state index in [1.807, 2.05) is 32.0 Å². The minimum atomic E-state index is 0.0412. The summed E-state index contributed by atoms with van der Waals surface area (Å²) in [5.41, 5.74) is 3.53. The van der Waals surface area contributed by atoms with Crippen molar-refractivity contribution in [3.63, 3.8) is 0 Å². The van der Waals surface area contributed by atoms with Gasteiger partial charge in [0.15, 0.2) is 17.3 Å². The predicted octanol–water partition coefficient (Wildman–Crippen LogP) is 4.04. The van der Waals surface area contributed by atoms with Crippen molar-refractivity contribution in [2.45, 2.75) is 44.6 Å². The number of rotatable bonds is 7. The average molecular weight is 442 g/mol. The van der Waals surface area contributed by atoms with Gasteiger partial charge in [0.2, 0.25) is 12.7 Å². The van der Waals surface area contributed by atoms with Crippen LogP contribution in [-0.2, 0) is 11.3 Å². The predicted molar refractivity (Wildman–Crippen MR) is 114 cm³/mol. The van der Waals surface area contributed by atoms with E-state index >= 15 is 0 Å². The molecule has 2 aliphatic heterocycles. The van der Waals surface area contributed by atoms with Crippen LogP contribution in [0.15, 0.2) is 33.9 Å². The Hall–Kier alpha value is -2.78. The molecule has 0 unspecified atom stereocenters. The first-order valence-electron chi connectivity index (χ1n) is 10.3. The van der Waals surface area contributed by atoms with Gasteiger partial charge in [-0.3, -0.25) is 4.79 Å². The second kappa shape index (κ2) is 8.39. The van der Waals surface area contributed by atoms with Gasteiger partial charge in [0.1, 0.15) is 0 Å². The van der Waals surface area contributed by atoms with Crippen molar-refractivity contribution in [3.05, 3.63) is 41.2 Å². The van der Waals surface area contributed by atoms with Crippen molar-refractivity contribution in [2.24, 2.45) is 0 Å². The first kappa shape index (κ1) is 20.1. The third-order valence-electron chi connectivity index (χ3n) is 5.64. The fraction of sp³-hybridized carbons (Fsp3) is 0.409. The van der Waals surface area contributed by atoms with Crippen LogP contribution in [-0.4, -0.2) is 45.8 Å². The Labute approximate surface area is 183 Å². The number of hydrogen-bond donors (Lipinski definition) is 0. The molecule has 2 aliphatic rings. The summed E-state index contributed by atoms with van der Waals surface area (Å²) < 4.78 is 24.4. The number of carbonyl (C=O) groups is 1. The zero-order valence-corrected chi connectivity index (χ0v) is 18.2. The lowest BCUT2D eigenvalue weighted by atomic mass is 10.2. The van der Waals surface area contributed by atoms with Crippen molar-refractivity contribution >= 4 is 17.5 Å². The molecular weight excluding hydrogens is 418 g/mol. The second-order valence-corrected chi connectivity index (χ2v) is 8.61. The zero-order chi connectivity index (χ0) is 21.4. The molecule has 1 atom stereocenters. The van der Waals surface area contributed by atoms with Crippen LogP contribution in [0.25, 0.3) is 11.5 Å². The van der Waals surface area contributed by atoms with Gasteiger partial charge in [-0.05, 0) is 51.0 Å². The number of ketones is 1. The van der Waals surface area contributed by atoms with Crippen LogP contribution in [0.5, 0.6) is 11.5 Å². The summed E-state index contributed by atoms with van der Waals surface area (Å²) in [4.78, 5) is 12.9. The maximum Gasteiger partial charge on any atom is 0.277 e. The molecule has 0 N–H and O–H groups in total. The van der Waals surface area contributed by atoms with Gasteiger partial charge in [0.05, 0.1) is 11.9 Å². The molecule has 0 bridgehead atoms. The monoisotopic (exact) mass is 441 g/mol. The van der Waals surface area contributed by atoms with Crippen molar-refractivity contribution in [1.82, 2.24) is 14.8 Å². The highest BCUT2D eigenvalue weighted by atomic mass is 32.2. The van der Waals surface area contributed by atoms with Crippen LogP contribution >= 0.6 is 11.8 Å². The lowest BCUT2D eigenvalue weighted by molar-refractivity contribution is 0.0957. The quantitative estimate of drug-likeness (QED) is 0.401. The van der Waals surface area contributed by atoms with Crippen LogP contribution in [0.3, 0.4) is 0 Å². The van der Waals surface area contributed by atoms with Gasteiger partial charge in [-0.15, -0.1) is 10.2 Å². The smallest absolute Gasteiger partial charge is 0.277 e. The Kier molecular flexibility index (Phi) is 5.45. The molecule has 31 heavy (non-hydrogen) atoms. The lowest BCUT2D eigenvalue weighted by Crippen LogP contribution is -2.17. The SMILES string of the molecule is Cc1cc(C(=O)CSc2nnc(-c3ccc4c(c3)OCO4)o2)c(C)n1C[C@@H]1CCCO1. The Bertz CT molecular complexity index is 1120. The van der Waals surface area contributed by atoms with E-state index in [2.05, 4.69) is 14.8 Å². The number of benzene rings is 1. The number of thioether (sulfide) groups is 1. The molecule has 3 aromatic rings. The van der Waals surface area contributed by atoms with Crippen LogP contribution in [0.1, 0.15) is 34.6 Å². The summed E-state index contributed by atoms with van der Waals surface area (Å²) in [5, 5.41) is 8.51. The van der Waals surface area contributed by atoms with Crippen LogP contribution in [0.2, 0.25) is 0 Å². The van der Waals surface area contributed by atoms with E-state index in [-0.39, 0.29) is 24.4 Å². The van der Waals surface area contributed by atoms with E-state index in [0.29, 0.717) is 22.6 Å². The topological polar surface area (TPSA) is 88.6 Å². The molecule has 5 rings (SSSR count). The first-order chi connectivity index (χ1) is 15.1. The summed E-state index contributed by atoms with van der Waals surface area (Å²) in [7, 11) is 0. The second-order valence-electron chi connectivity index (χ2n) is 7.68. The number of aromatic nitrogens is 3. The molecule has 0 radical (unpaired) electrons. The number of aryl methyl sites for hydroxylation is 1. The highest BCUT2D eigenvalue weighted by molar-refractivity contribution is 7.99. The third-order valence-corrected chi connectivity index (χ3v) is 6.46. The highest BCUT2D eigenvalue weighted by Gasteiger charge is 2.22. The minimum absolute atomic E-state index is 0.0412. The van der Waals surface area contributed by atoms with Gasteiger partial charge in [-0.2, -0.15) is 0 Å². The Balaban J connectivity index is 1.24. The normalized spacial score (nSPS) is 17.4. The number of Topliss-reactive ketones (excluding diaryl/α,β-unsaturated/α-hetero) is 1. The molecular formula is C22H23N3O5S. The standard InChI is InChI=1S/C22H23N3O5S/c1-13-8-17(14(2)25(13)10-16-4-3-7-27-16)18(26)11-31-22-24-23-21(30-22)15-5-6-19-20(9-15)29-12-28-19/h5-6,8-9,16H,3-4,7,10-12H2,1-2H3/t16-/m0/s1. The van der Waals surface area contributed by atoms with Gasteiger partial charge < -0.3 is 23.2 Å². The molecule has 0 aliphatic carbocycles. The molecule has 2 aromatic heterocycles. The highest BCUT2D eigenvalue weighted by Crippen LogP contribution is 2.36. The number of nitrogens with zero attached hydrogens (tertiary/aromatic N) is 3. The van der Waals surface area contributed by atoms with Crippen LogP contribution < -0.4 is 9.47 Å². The van der Waals surface area contributed by atoms with E-state index in [4.69, 9.17) is 18.6 Å². The molecule has 1 fully saturated rings. The summed E-state index contributed by atoms with van der Waals surface area (Å²) >= 11 is 1.24. The Morgan fingerprint density at radius 3 is 2.90 bits per heavy atom. The molecule has 4 heterocycles. The van der Waals surface area contributed by atoms with Gasteiger partial charge in [0.25, 0.3) is 5.22 Å².